The van der Waals surface area contributed by atoms with E-state index in [1.807, 2.05) is 0 Å². The first-order valence-corrected chi connectivity index (χ1v) is 7.06. The fraction of sp³-hybridized carbons (Fsp3) is 0.375. The Bertz CT molecular complexity index is 777. The normalized spacial score (nSPS) is 15.3. The molecule has 0 aliphatic rings. The van der Waals surface area contributed by atoms with Crippen molar-refractivity contribution in [3.63, 3.8) is 0 Å². The van der Waals surface area contributed by atoms with Crippen LogP contribution in [0.3, 0.4) is 0 Å². The zero-order valence-electron chi connectivity index (χ0n) is 12.6. The van der Waals surface area contributed by atoms with Crippen LogP contribution in [0.25, 0.3) is 10.8 Å². The van der Waals surface area contributed by atoms with Crippen LogP contribution in [-0.2, 0) is 11.5 Å². The fourth-order valence-corrected chi connectivity index (χ4v) is 2.39. The molecule has 0 saturated carbocycles. The van der Waals surface area contributed by atoms with Gasteiger partial charge in [0, 0.05) is 6.42 Å². The largest absolute Gasteiger partial charge is 0.460 e. The van der Waals surface area contributed by atoms with Crippen LogP contribution in [0.5, 0.6) is 0 Å². The number of halogens is 9. The Morgan fingerprint density at radius 3 is 1.85 bits per heavy atom. The van der Waals surface area contributed by atoms with E-state index in [-0.39, 0.29) is 10.9 Å². The zero-order valence-corrected chi connectivity index (χ0v) is 12.6. The van der Waals surface area contributed by atoms with Crippen LogP contribution in [0.15, 0.2) is 42.5 Å². The van der Waals surface area contributed by atoms with Gasteiger partial charge in [0.1, 0.15) is 0 Å². The lowest BCUT2D eigenvalue weighted by Crippen LogP contribution is -2.64. The van der Waals surface area contributed by atoms with Gasteiger partial charge in [0.2, 0.25) is 0 Å². The second-order valence-electron chi connectivity index (χ2n) is 5.60. The molecule has 0 aliphatic carbocycles. The van der Waals surface area contributed by atoms with Crippen molar-refractivity contribution in [2.45, 2.75) is 36.5 Å². The van der Waals surface area contributed by atoms with Gasteiger partial charge in [-0.1, -0.05) is 42.5 Å². The van der Waals surface area contributed by atoms with Gasteiger partial charge >= 0.3 is 23.9 Å². The van der Waals surface area contributed by atoms with Crippen LogP contribution in [-0.4, -0.2) is 30.0 Å². The molecular weight excluding hydrogens is 379 g/mol. The molecule has 0 N–H and O–H groups in total. The molecule has 1 radical (unpaired) electrons. The molecule has 0 aromatic heterocycles. The summed E-state index contributed by atoms with van der Waals surface area (Å²) in [6.07, 6.45) is -12.0. The smallest absolute Gasteiger partial charge is 0.226 e. The van der Waals surface area contributed by atoms with Gasteiger partial charge in [-0.3, -0.25) is 0 Å². The standard InChI is InChI=1S/C16H10F9O/c17-13(18,14(19,20)15(21,22)16(23,24)25)12(26)8-10-6-3-5-9-4-1-2-7-11(9)10/h1-7,12H,8H2. The highest BCUT2D eigenvalue weighted by atomic mass is 19.4. The van der Waals surface area contributed by atoms with E-state index in [9.17, 15) is 44.6 Å². The summed E-state index contributed by atoms with van der Waals surface area (Å²) in [6.45, 7) is 0. The SMILES string of the molecule is [O]C(Cc1cccc2ccccc12)C(F)(F)C(F)(F)C(F)(F)C(F)(F)F. The molecule has 2 aromatic rings. The molecule has 2 aromatic carbocycles. The molecule has 0 fully saturated rings. The summed E-state index contributed by atoms with van der Waals surface area (Å²) in [5.41, 5.74) is -0.172. The molecule has 10 heteroatoms. The van der Waals surface area contributed by atoms with Crippen molar-refractivity contribution in [3.8, 4) is 0 Å². The molecule has 26 heavy (non-hydrogen) atoms. The Balaban J connectivity index is 2.39. The van der Waals surface area contributed by atoms with E-state index in [0.717, 1.165) is 6.07 Å². The molecule has 0 bridgehead atoms. The lowest BCUT2D eigenvalue weighted by molar-refractivity contribution is -0.408. The van der Waals surface area contributed by atoms with Crippen LogP contribution in [0, 0.1) is 0 Å². The van der Waals surface area contributed by atoms with Gasteiger partial charge in [0.15, 0.2) is 6.10 Å². The number of benzene rings is 2. The van der Waals surface area contributed by atoms with Gasteiger partial charge in [-0.25, -0.2) is 5.11 Å². The van der Waals surface area contributed by atoms with Crippen molar-refractivity contribution < 1.29 is 44.6 Å². The summed E-state index contributed by atoms with van der Waals surface area (Å²) < 4.78 is 116. The first-order chi connectivity index (χ1) is 11.7. The number of fused-ring (bicyclic) bond motifs is 1. The molecule has 1 unspecified atom stereocenters. The van der Waals surface area contributed by atoms with Gasteiger partial charge in [0.25, 0.3) is 0 Å². The Kier molecular flexibility index (Phi) is 4.95. The Labute approximate surface area is 141 Å². The minimum absolute atomic E-state index is 0.172. The number of rotatable bonds is 5. The Morgan fingerprint density at radius 1 is 0.731 bits per heavy atom. The minimum Gasteiger partial charge on any atom is -0.226 e. The third-order valence-electron chi connectivity index (χ3n) is 3.86. The third-order valence-corrected chi connectivity index (χ3v) is 3.86. The highest BCUT2D eigenvalue weighted by Gasteiger charge is 2.83. The van der Waals surface area contributed by atoms with E-state index in [0.29, 0.717) is 5.39 Å². The zero-order chi connectivity index (χ0) is 20.0. The van der Waals surface area contributed by atoms with Crippen LogP contribution in [0.2, 0.25) is 0 Å². The van der Waals surface area contributed by atoms with E-state index in [1.54, 1.807) is 6.07 Å². The van der Waals surface area contributed by atoms with Crippen LogP contribution >= 0.6 is 0 Å². The highest BCUT2D eigenvalue weighted by molar-refractivity contribution is 5.85. The summed E-state index contributed by atoms with van der Waals surface area (Å²) in [5, 5.41) is 12.3. The summed E-state index contributed by atoms with van der Waals surface area (Å²) in [5.74, 6) is -20.1. The molecule has 0 aliphatic heterocycles. The Morgan fingerprint density at radius 2 is 1.27 bits per heavy atom. The molecule has 1 atom stereocenters. The molecule has 143 valence electrons. The third kappa shape index (κ3) is 3.10. The molecule has 0 amide bonds. The van der Waals surface area contributed by atoms with Crippen LogP contribution in [0.4, 0.5) is 39.5 Å². The van der Waals surface area contributed by atoms with Crippen molar-refractivity contribution in [3.05, 3.63) is 48.0 Å². The van der Waals surface area contributed by atoms with Gasteiger partial charge < -0.3 is 0 Å². The average Bonchev–Trinajstić information content (AvgIpc) is 2.53. The molecule has 1 nitrogen and oxygen atoms in total. The number of alkyl halides is 9. The Hall–Kier alpha value is -1.97. The van der Waals surface area contributed by atoms with E-state index in [1.165, 1.54) is 30.3 Å². The second kappa shape index (κ2) is 6.33. The van der Waals surface area contributed by atoms with E-state index >= 15 is 0 Å². The van der Waals surface area contributed by atoms with Gasteiger partial charge in [-0.2, -0.15) is 39.5 Å². The van der Waals surface area contributed by atoms with Crippen LogP contribution < -0.4 is 0 Å². The lowest BCUT2D eigenvalue weighted by Gasteiger charge is -2.35. The van der Waals surface area contributed by atoms with E-state index < -0.39 is 36.5 Å². The average molecular weight is 389 g/mol. The molecular formula is C16H10F9O. The van der Waals surface area contributed by atoms with Crippen molar-refractivity contribution in [2.24, 2.45) is 0 Å². The quantitative estimate of drug-likeness (QED) is 0.589. The number of hydrogen-bond acceptors (Lipinski definition) is 0. The maximum atomic E-state index is 13.7. The number of hydrogen-bond donors (Lipinski definition) is 0. The van der Waals surface area contributed by atoms with Crippen LogP contribution in [0.1, 0.15) is 5.56 Å². The monoisotopic (exact) mass is 389 g/mol. The summed E-state index contributed by atoms with van der Waals surface area (Å²) >= 11 is 0. The second-order valence-corrected chi connectivity index (χ2v) is 5.60. The molecule has 0 saturated heterocycles. The van der Waals surface area contributed by atoms with E-state index in [4.69, 9.17) is 0 Å². The molecule has 0 spiro atoms. The molecule has 0 heterocycles. The first kappa shape index (κ1) is 20.3. The van der Waals surface area contributed by atoms with Crippen molar-refractivity contribution >= 4 is 10.8 Å². The lowest BCUT2D eigenvalue weighted by atomic mass is 9.92. The van der Waals surface area contributed by atoms with Gasteiger partial charge in [-0.15, -0.1) is 0 Å². The van der Waals surface area contributed by atoms with Crippen molar-refractivity contribution in [1.29, 1.82) is 0 Å². The fourth-order valence-electron chi connectivity index (χ4n) is 2.39. The summed E-state index contributed by atoms with van der Waals surface area (Å²) in [7, 11) is 0. The maximum Gasteiger partial charge on any atom is 0.460 e. The predicted molar refractivity (Wildman–Crippen MR) is 73.0 cm³/mol. The van der Waals surface area contributed by atoms with Crippen molar-refractivity contribution in [1.82, 2.24) is 0 Å². The van der Waals surface area contributed by atoms with Gasteiger partial charge in [-0.05, 0) is 16.3 Å². The van der Waals surface area contributed by atoms with Gasteiger partial charge in [0.05, 0.1) is 0 Å². The van der Waals surface area contributed by atoms with Crippen molar-refractivity contribution in [2.75, 3.05) is 0 Å². The molecule has 2 rings (SSSR count). The summed E-state index contributed by atoms with van der Waals surface area (Å²) in [6, 6.07) is 9.86. The maximum absolute atomic E-state index is 13.7. The minimum atomic E-state index is -7.06. The highest BCUT2D eigenvalue weighted by Crippen LogP contribution is 2.54. The predicted octanol–water partition coefficient (Wildman–Crippen LogP) is 5.65. The topological polar surface area (TPSA) is 19.9 Å². The summed E-state index contributed by atoms with van der Waals surface area (Å²) in [4.78, 5) is 0. The van der Waals surface area contributed by atoms with E-state index in [2.05, 4.69) is 0 Å². The first-order valence-electron chi connectivity index (χ1n) is 7.06.